The van der Waals surface area contributed by atoms with Gasteiger partial charge in [-0.3, -0.25) is 0 Å². The zero-order valence-corrected chi connectivity index (χ0v) is 12.7. The SMILES string of the molecule is CCn1c(CN[C@@H](C)c2cccs2)nc2ccccc21. The van der Waals surface area contributed by atoms with Crippen LogP contribution in [0.4, 0.5) is 0 Å². The molecule has 0 aliphatic carbocycles. The van der Waals surface area contributed by atoms with Gasteiger partial charge in [-0.2, -0.15) is 0 Å². The minimum atomic E-state index is 0.361. The van der Waals surface area contributed by atoms with Crippen molar-refractivity contribution in [1.29, 1.82) is 0 Å². The number of aryl methyl sites for hydroxylation is 1. The van der Waals surface area contributed by atoms with Crippen molar-refractivity contribution in [3.8, 4) is 0 Å². The molecule has 0 unspecified atom stereocenters. The molecule has 0 aliphatic heterocycles. The Hall–Kier alpha value is -1.65. The monoisotopic (exact) mass is 285 g/mol. The van der Waals surface area contributed by atoms with Crippen LogP contribution in [0.15, 0.2) is 41.8 Å². The molecule has 0 aliphatic rings. The molecular weight excluding hydrogens is 266 g/mol. The summed E-state index contributed by atoms with van der Waals surface area (Å²) in [6, 6.07) is 13.0. The summed E-state index contributed by atoms with van der Waals surface area (Å²) < 4.78 is 2.28. The molecule has 104 valence electrons. The number of aromatic nitrogens is 2. The van der Waals surface area contributed by atoms with Crippen molar-refractivity contribution in [2.75, 3.05) is 0 Å². The number of hydrogen-bond acceptors (Lipinski definition) is 3. The Morgan fingerprint density at radius 3 is 2.85 bits per heavy atom. The second-order valence-corrected chi connectivity index (χ2v) is 5.86. The summed E-state index contributed by atoms with van der Waals surface area (Å²) in [5, 5.41) is 5.68. The third-order valence-electron chi connectivity index (χ3n) is 3.59. The first kappa shape index (κ1) is 13.3. The van der Waals surface area contributed by atoms with Crippen molar-refractivity contribution >= 4 is 22.4 Å². The fourth-order valence-electron chi connectivity index (χ4n) is 2.50. The molecule has 0 saturated carbocycles. The van der Waals surface area contributed by atoms with E-state index in [1.807, 2.05) is 6.07 Å². The Bertz CT molecular complexity index is 685. The third-order valence-corrected chi connectivity index (χ3v) is 4.64. The van der Waals surface area contributed by atoms with Crippen molar-refractivity contribution < 1.29 is 0 Å². The smallest absolute Gasteiger partial charge is 0.123 e. The molecule has 1 aromatic carbocycles. The molecule has 0 saturated heterocycles. The van der Waals surface area contributed by atoms with E-state index >= 15 is 0 Å². The Morgan fingerprint density at radius 2 is 2.10 bits per heavy atom. The van der Waals surface area contributed by atoms with Crippen molar-refractivity contribution in [1.82, 2.24) is 14.9 Å². The third kappa shape index (κ3) is 2.49. The lowest BCUT2D eigenvalue weighted by atomic mass is 10.3. The van der Waals surface area contributed by atoms with Gasteiger partial charge >= 0.3 is 0 Å². The van der Waals surface area contributed by atoms with Crippen LogP contribution in [0.25, 0.3) is 11.0 Å². The van der Waals surface area contributed by atoms with E-state index in [9.17, 15) is 0 Å². The second kappa shape index (κ2) is 5.77. The minimum Gasteiger partial charge on any atom is -0.327 e. The average Bonchev–Trinajstić information content (AvgIpc) is 3.11. The van der Waals surface area contributed by atoms with Crippen LogP contribution in [0.1, 0.15) is 30.6 Å². The molecule has 4 heteroatoms. The topological polar surface area (TPSA) is 29.9 Å². The zero-order valence-electron chi connectivity index (χ0n) is 11.8. The number of nitrogens with zero attached hydrogens (tertiary/aromatic N) is 2. The van der Waals surface area contributed by atoms with E-state index in [1.165, 1.54) is 10.4 Å². The summed E-state index contributed by atoms with van der Waals surface area (Å²) in [6.45, 7) is 6.11. The van der Waals surface area contributed by atoms with Gasteiger partial charge in [0, 0.05) is 17.5 Å². The normalized spacial score (nSPS) is 12.9. The molecule has 0 fully saturated rings. The molecule has 3 rings (SSSR count). The van der Waals surface area contributed by atoms with Gasteiger partial charge in [-0.25, -0.2) is 4.98 Å². The van der Waals surface area contributed by atoms with Crippen LogP contribution in [0.5, 0.6) is 0 Å². The lowest BCUT2D eigenvalue weighted by molar-refractivity contribution is 0.549. The number of hydrogen-bond donors (Lipinski definition) is 1. The molecule has 0 spiro atoms. The Labute approximate surface area is 123 Å². The highest BCUT2D eigenvalue weighted by Gasteiger charge is 2.11. The summed E-state index contributed by atoms with van der Waals surface area (Å²) in [7, 11) is 0. The molecule has 2 heterocycles. The molecule has 0 amide bonds. The maximum Gasteiger partial charge on any atom is 0.123 e. The number of fused-ring (bicyclic) bond motifs is 1. The van der Waals surface area contributed by atoms with Crippen LogP contribution in [-0.4, -0.2) is 9.55 Å². The Kier molecular flexibility index (Phi) is 3.85. The summed E-state index contributed by atoms with van der Waals surface area (Å²) >= 11 is 1.79. The largest absolute Gasteiger partial charge is 0.327 e. The molecule has 0 bridgehead atoms. The highest BCUT2D eigenvalue weighted by Crippen LogP contribution is 2.20. The van der Waals surface area contributed by atoms with Crippen LogP contribution >= 0.6 is 11.3 Å². The van der Waals surface area contributed by atoms with Crippen molar-refractivity contribution in [2.24, 2.45) is 0 Å². The second-order valence-electron chi connectivity index (χ2n) is 4.88. The minimum absolute atomic E-state index is 0.361. The van der Waals surface area contributed by atoms with E-state index in [0.717, 1.165) is 24.4 Å². The quantitative estimate of drug-likeness (QED) is 0.768. The van der Waals surface area contributed by atoms with E-state index in [2.05, 4.69) is 59.4 Å². The van der Waals surface area contributed by atoms with E-state index in [0.29, 0.717) is 6.04 Å². The molecule has 3 aromatic rings. The molecule has 1 atom stereocenters. The van der Waals surface area contributed by atoms with Gasteiger partial charge in [0.2, 0.25) is 0 Å². The van der Waals surface area contributed by atoms with Gasteiger partial charge in [-0.05, 0) is 37.4 Å². The van der Waals surface area contributed by atoms with Crippen molar-refractivity contribution in [2.45, 2.75) is 33.0 Å². The van der Waals surface area contributed by atoms with Crippen LogP contribution in [0, 0.1) is 0 Å². The number of thiophene rings is 1. The standard InChI is InChI=1S/C16H19N3S/c1-3-19-14-8-5-4-7-13(14)18-16(19)11-17-12(2)15-9-6-10-20-15/h4-10,12,17H,3,11H2,1-2H3/t12-/m0/s1. The highest BCUT2D eigenvalue weighted by atomic mass is 32.1. The molecule has 0 radical (unpaired) electrons. The maximum absolute atomic E-state index is 4.74. The van der Waals surface area contributed by atoms with E-state index in [-0.39, 0.29) is 0 Å². The molecule has 20 heavy (non-hydrogen) atoms. The van der Waals surface area contributed by atoms with E-state index in [1.54, 1.807) is 11.3 Å². The summed E-state index contributed by atoms with van der Waals surface area (Å²) in [5.74, 6) is 1.11. The molecule has 2 aromatic heterocycles. The summed E-state index contributed by atoms with van der Waals surface area (Å²) in [4.78, 5) is 6.11. The average molecular weight is 285 g/mol. The molecular formula is C16H19N3S. The van der Waals surface area contributed by atoms with Crippen molar-refractivity contribution in [3.63, 3.8) is 0 Å². The zero-order chi connectivity index (χ0) is 13.9. The first-order valence-corrected chi connectivity index (χ1v) is 7.88. The van der Waals surface area contributed by atoms with Gasteiger partial charge < -0.3 is 9.88 Å². The van der Waals surface area contributed by atoms with Crippen LogP contribution in [0.2, 0.25) is 0 Å². The Morgan fingerprint density at radius 1 is 1.25 bits per heavy atom. The van der Waals surface area contributed by atoms with Gasteiger partial charge in [0.15, 0.2) is 0 Å². The van der Waals surface area contributed by atoms with Gasteiger partial charge in [0.25, 0.3) is 0 Å². The first-order valence-electron chi connectivity index (χ1n) is 7.00. The number of nitrogens with one attached hydrogen (secondary N) is 1. The van der Waals surface area contributed by atoms with Gasteiger partial charge in [0.05, 0.1) is 17.6 Å². The lowest BCUT2D eigenvalue weighted by Crippen LogP contribution is -2.20. The maximum atomic E-state index is 4.74. The lowest BCUT2D eigenvalue weighted by Gasteiger charge is -2.12. The number of imidazole rings is 1. The predicted molar refractivity (Wildman–Crippen MR) is 85.0 cm³/mol. The van der Waals surface area contributed by atoms with E-state index in [4.69, 9.17) is 4.98 Å². The molecule has 1 N–H and O–H groups in total. The molecule has 3 nitrogen and oxygen atoms in total. The fourth-order valence-corrected chi connectivity index (χ4v) is 3.25. The Balaban J connectivity index is 1.80. The van der Waals surface area contributed by atoms with Crippen LogP contribution in [-0.2, 0) is 13.1 Å². The van der Waals surface area contributed by atoms with E-state index < -0.39 is 0 Å². The number of rotatable bonds is 5. The number of benzene rings is 1. The first-order chi connectivity index (χ1) is 9.79. The summed E-state index contributed by atoms with van der Waals surface area (Å²) in [6.07, 6.45) is 0. The van der Waals surface area contributed by atoms with Gasteiger partial charge in [-0.15, -0.1) is 11.3 Å². The summed E-state index contributed by atoms with van der Waals surface area (Å²) in [5.41, 5.74) is 2.30. The highest BCUT2D eigenvalue weighted by molar-refractivity contribution is 7.10. The predicted octanol–water partition coefficient (Wildman–Crippen LogP) is 3.97. The van der Waals surface area contributed by atoms with Gasteiger partial charge in [-0.1, -0.05) is 18.2 Å². The van der Waals surface area contributed by atoms with Crippen LogP contribution < -0.4 is 5.32 Å². The number of para-hydroxylation sites is 2. The van der Waals surface area contributed by atoms with Crippen LogP contribution in [0.3, 0.4) is 0 Å². The van der Waals surface area contributed by atoms with Gasteiger partial charge in [0.1, 0.15) is 5.82 Å². The fraction of sp³-hybridized carbons (Fsp3) is 0.312. The van der Waals surface area contributed by atoms with Crippen molar-refractivity contribution in [3.05, 3.63) is 52.5 Å².